The number of esters is 1. The lowest BCUT2D eigenvalue weighted by molar-refractivity contribution is -0.170. The lowest BCUT2D eigenvalue weighted by atomic mass is 9.72. The number of carbonyl (C=O) groups is 1. The summed E-state index contributed by atoms with van der Waals surface area (Å²) in [7, 11) is 0. The van der Waals surface area contributed by atoms with Gasteiger partial charge in [0.25, 0.3) is 0 Å². The summed E-state index contributed by atoms with van der Waals surface area (Å²) in [6.07, 6.45) is 1.67. The third-order valence-corrected chi connectivity index (χ3v) is 6.11. The van der Waals surface area contributed by atoms with Gasteiger partial charge in [-0.1, -0.05) is 0 Å². The first-order chi connectivity index (χ1) is 15.6. The van der Waals surface area contributed by atoms with E-state index in [-0.39, 0.29) is 23.4 Å². The zero-order valence-corrected chi connectivity index (χ0v) is 22.1. The SMILES string of the molecule is Cc1cc(C[C@@]2(C(=O)OC(C)(C)C)CCN[C@H](C)C2)nc(Nc2cc(C)n(C(C)(C)C)n2)c1F. The van der Waals surface area contributed by atoms with Crippen molar-refractivity contribution in [2.24, 2.45) is 5.41 Å². The van der Waals surface area contributed by atoms with E-state index in [1.807, 2.05) is 38.4 Å². The predicted molar refractivity (Wildman–Crippen MR) is 133 cm³/mol. The molecule has 2 atom stereocenters. The molecule has 7 nitrogen and oxygen atoms in total. The van der Waals surface area contributed by atoms with Crippen molar-refractivity contribution in [2.45, 2.75) is 98.8 Å². The average molecular weight is 474 g/mol. The fraction of sp³-hybridized carbons (Fsp3) is 0.654. The number of nitrogens with zero attached hydrogens (tertiary/aromatic N) is 3. The number of anilines is 2. The smallest absolute Gasteiger partial charge is 0.313 e. The molecule has 1 saturated heterocycles. The number of pyridine rings is 1. The Bertz CT molecular complexity index is 1050. The number of aromatic nitrogens is 3. The molecule has 1 aliphatic rings. The molecule has 0 unspecified atom stereocenters. The van der Waals surface area contributed by atoms with Crippen LogP contribution in [0.2, 0.25) is 0 Å². The Labute approximate surface area is 202 Å². The van der Waals surface area contributed by atoms with Crippen LogP contribution in [0.3, 0.4) is 0 Å². The molecule has 2 aromatic heterocycles. The highest BCUT2D eigenvalue weighted by atomic mass is 19.1. The second-order valence-corrected chi connectivity index (χ2v) is 11.7. The van der Waals surface area contributed by atoms with Crippen molar-refractivity contribution in [3.05, 3.63) is 34.9 Å². The zero-order chi connectivity index (χ0) is 25.5. The van der Waals surface area contributed by atoms with Crippen molar-refractivity contribution in [2.75, 3.05) is 11.9 Å². The van der Waals surface area contributed by atoms with Crippen LogP contribution in [-0.2, 0) is 21.5 Å². The first-order valence-electron chi connectivity index (χ1n) is 12.1. The summed E-state index contributed by atoms with van der Waals surface area (Å²) in [5, 5.41) is 11.1. The number of ether oxygens (including phenoxy) is 1. The summed E-state index contributed by atoms with van der Waals surface area (Å²) in [4.78, 5) is 18.0. The molecule has 0 aromatic carbocycles. The summed E-state index contributed by atoms with van der Waals surface area (Å²) in [5.41, 5.74) is 0.613. The van der Waals surface area contributed by atoms with Crippen LogP contribution in [-0.4, -0.2) is 38.9 Å². The lowest BCUT2D eigenvalue weighted by Crippen LogP contribution is -2.50. The molecule has 0 saturated carbocycles. The van der Waals surface area contributed by atoms with Gasteiger partial charge in [0.05, 0.1) is 11.0 Å². The fourth-order valence-corrected chi connectivity index (χ4v) is 4.70. The van der Waals surface area contributed by atoms with Crippen LogP contribution >= 0.6 is 0 Å². The standard InChI is InChI=1S/C26H40FN5O2/c1-16-12-19(15-26(10-11-28-17(2)14-26)23(33)34-25(7,8)9)29-22(21(16)27)30-20-13-18(3)32(31-20)24(4,5)6/h12-13,17,28H,10-11,14-15H2,1-9H3,(H,29,30,31)/t17-,26-/m1/s1. The molecule has 0 spiro atoms. The number of aryl methyl sites for hydroxylation is 2. The molecule has 8 heteroatoms. The Morgan fingerprint density at radius 3 is 2.50 bits per heavy atom. The Morgan fingerprint density at radius 2 is 1.94 bits per heavy atom. The minimum absolute atomic E-state index is 0.120. The summed E-state index contributed by atoms with van der Waals surface area (Å²) in [6, 6.07) is 3.79. The first-order valence-corrected chi connectivity index (χ1v) is 12.1. The molecule has 0 radical (unpaired) electrons. The van der Waals surface area contributed by atoms with E-state index in [0.29, 0.717) is 36.3 Å². The molecular weight excluding hydrogens is 433 g/mol. The molecule has 2 aromatic rings. The van der Waals surface area contributed by atoms with Crippen molar-refractivity contribution >= 4 is 17.6 Å². The first kappa shape index (κ1) is 26.1. The highest BCUT2D eigenvalue weighted by Crippen LogP contribution is 2.38. The number of hydrogen-bond acceptors (Lipinski definition) is 6. The van der Waals surface area contributed by atoms with Crippen molar-refractivity contribution in [3.8, 4) is 0 Å². The van der Waals surface area contributed by atoms with Gasteiger partial charge in [-0.05, 0) is 93.3 Å². The Kier molecular flexibility index (Phi) is 7.14. The molecule has 34 heavy (non-hydrogen) atoms. The quantitative estimate of drug-likeness (QED) is 0.583. The van der Waals surface area contributed by atoms with Gasteiger partial charge in [0.1, 0.15) is 5.60 Å². The van der Waals surface area contributed by atoms with E-state index in [4.69, 9.17) is 4.74 Å². The van der Waals surface area contributed by atoms with Crippen LogP contribution in [0.15, 0.2) is 12.1 Å². The van der Waals surface area contributed by atoms with E-state index in [2.05, 4.69) is 48.4 Å². The fourth-order valence-electron chi connectivity index (χ4n) is 4.70. The van der Waals surface area contributed by atoms with Gasteiger partial charge in [-0.25, -0.2) is 9.37 Å². The Morgan fingerprint density at radius 1 is 1.26 bits per heavy atom. The molecular formula is C26H40FN5O2. The molecule has 2 N–H and O–H groups in total. The molecule has 3 rings (SSSR count). The maximum absolute atomic E-state index is 15.1. The predicted octanol–water partition coefficient (Wildman–Crippen LogP) is 5.18. The van der Waals surface area contributed by atoms with E-state index in [9.17, 15) is 4.79 Å². The topological polar surface area (TPSA) is 81.1 Å². The molecule has 0 aliphatic carbocycles. The summed E-state index contributed by atoms with van der Waals surface area (Å²) < 4.78 is 22.8. The van der Waals surface area contributed by atoms with Gasteiger partial charge < -0.3 is 15.4 Å². The number of piperidine rings is 1. The van der Waals surface area contributed by atoms with Gasteiger partial charge in [-0.2, -0.15) is 5.10 Å². The van der Waals surface area contributed by atoms with E-state index in [1.54, 1.807) is 13.0 Å². The van der Waals surface area contributed by atoms with Crippen LogP contribution in [0.1, 0.15) is 78.3 Å². The Balaban J connectivity index is 1.94. The summed E-state index contributed by atoms with van der Waals surface area (Å²) in [5.74, 6) is 0.0190. The van der Waals surface area contributed by atoms with Gasteiger partial charge >= 0.3 is 5.97 Å². The average Bonchev–Trinajstić information content (AvgIpc) is 3.05. The van der Waals surface area contributed by atoms with Crippen LogP contribution in [0.4, 0.5) is 16.0 Å². The molecule has 1 aliphatic heterocycles. The largest absolute Gasteiger partial charge is 0.460 e. The second kappa shape index (κ2) is 9.29. The van der Waals surface area contributed by atoms with Gasteiger partial charge in [-0.3, -0.25) is 9.48 Å². The Hall–Kier alpha value is -2.48. The molecule has 1 fully saturated rings. The van der Waals surface area contributed by atoms with E-state index < -0.39 is 16.8 Å². The van der Waals surface area contributed by atoms with Gasteiger partial charge in [-0.15, -0.1) is 0 Å². The number of hydrogen-bond donors (Lipinski definition) is 2. The molecule has 0 bridgehead atoms. The van der Waals surface area contributed by atoms with E-state index in [0.717, 1.165) is 12.2 Å². The van der Waals surface area contributed by atoms with Crippen LogP contribution in [0.5, 0.6) is 0 Å². The lowest BCUT2D eigenvalue weighted by Gasteiger charge is -2.40. The highest BCUT2D eigenvalue weighted by molar-refractivity contribution is 5.78. The maximum Gasteiger partial charge on any atom is 0.313 e. The van der Waals surface area contributed by atoms with Crippen molar-refractivity contribution in [1.82, 2.24) is 20.1 Å². The maximum atomic E-state index is 15.1. The number of rotatable bonds is 5. The normalized spacial score (nSPS) is 21.4. The second-order valence-electron chi connectivity index (χ2n) is 11.7. The van der Waals surface area contributed by atoms with Gasteiger partial charge in [0.15, 0.2) is 17.5 Å². The number of carbonyl (C=O) groups excluding carboxylic acids is 1. The third kappa shape index (κ3) is 5.95. The zero-order valence-electron chi connectivity index (χ0n) is 22.1. The minimum atomic E-state index is -0.711. The third-order valence-electron chi connectivity index (χ3n) is 6.11. The van der Waals surface area contributed by atoms with Crippen LogP contribution in [0, 0.1) is 25.1 Å². The summed E-state index contributed by atoms with van der Waals surface area (Å²) in [6.45, 7) is 18.3. The molecule has 3 heterocycles. The summed E-state index contributed by atoms with van der Waals surface area (Å²) >= 11 is 0. The van der Waals surface area contributed by atoms with Crippen molar-refractivity contribution in [3.63, 3.8) is 0 Å². The number of nitrogens with one attached hydrogen (secondary N) is 2. The highest BCUT2D eigenvalue weighted by Gasteiger charge is 2.45. The van der Waals surface area contributed by atoms with Gasteiger partial charge in [0.2, 0.25) is 0 Å². The van der Waals surface area contributed by atoms with Crippen LogP contribution in [0.25, 0.3) is 0 Å². The van der Waals surface area contributed by atoms with Crippen molar-refractivity contribution < 1.29 is 13.9 Å². The molecule has 0 amide bonds. The minimum Gasteiger partial charge on any atom is -0.460 e. The van der Waals surface area contributed by atoms with E-state index >= 15 is 4.39 Å². The number of halogens is 1. The van der Waals surface area contributed by atoms with Crippen LogP contribution < -0.4 is 10.6 Å². The van der Waals surface area contributed by atoms with Gasteiger partial charge in [0, 0.05) is 29.9 Å². The monoisotopic (exact) mass is 473 g/mol. The van der Waals surface area contributed by atoms with E-state index in [1.165, 1.54) is 0 Å². The molecule has 188 valence electrons. The van der Waals surface area contributed by atoms with Crippen molar-refractivity contribution in [1.29, 1.82) is 0 Å².